The quantitative estimate of drug-likeness (QED) is 0.342. The lowest BCUT2D eigenvalue weighted by atomic mass is 9.91. The molecule has 0 bridgehead atoms. The number of pyridine rings is 1. The molecule has 2 heterocycles. The van der Waals surface area contributed by atoms with Crippen LogP contribution in [-0.4, -0.2) is 52.0 Å². The molecule has 2 aromatic heterocycles. The van der Waals surface area contributed by atoms with Crippen LogP contribution in [0.15, 0.2) is 53.1 Å². The fourth-order valence-corrected chi connectivity index (χ4v) is 4.34. The molecule has 0 aliphatic carbocycles. The van der Waals surface area contributed by atoms with Gasteiger partial charge in [-0.25, -0.2) is 0 Å². The van der Waals surface area contributed by atoms with Crippen molar-refractivity contribution in [1.82, 2.24) is 4.98 Å². The maximum Gasteiger partial charge on any atom is 0.248 e. The van der Waals surface area contributed by atoms with Gasteiger partial charge in [0.15, 0.2) is 17.1 Å². The van der Waals surface area contributed by atoms with Crippen LogP contribution < -0.4 is 25.7 Å². The van der Waals surface area contributed by atoms with Gasteiger partial charge in [-0.3, -0.25) is 9.78 Å². The number of ether oxygens (including phenoxy) is 4. The number of primary amides is 1. The molecule has 36 heavy (non-hydrogen) atoms. The third-order valence-corrected chi connectivity index (χ3v) is 5.94. The van der Waals surface area contributed by atoms with Crippen LogP contribution in [0.2, 0.25) is 0 Å². The molecule has 0 saturated carbocycles. The monoisotopic (exact) mass is 491 g/mol. The Kier molecular flexibility index (Phi) is 7.42. The summed E-state index contributed by atoms with van der Waals surface area (Å²) in [5.74, 6) is 1.53. The van der Waals surface area contributed by atoms with E-state index in [0.29, 0.717) is 52.7 Å². The van der Waals surface area contributed by atoms with E-state index >= 15 is 0 Å². The molecule has 0 fully saturated rings. The molecular weight excluding hydrogens is 462 g/mol. The minimum absolute atomic E-state index is 0.321. The van der Waals surface area contributed by atoms with Gasteiger partial charge in [0.25, 0.3) is 0 Å². The number of nitrogens with zero attached hydrogens (tertiary/aromatic N) is 1. The van der Waals surface area contributed by atoms with E-state index < -0.39 is 5.91 Å². The molecule has 1 atom stereocenters. The van der Waals surface area contributed by atoms with Gasteiger partial charge in [-0.2, -0.15) is 0 Å². The van der Waals surface area contributed by atoms with E-state index in [1.807, 2.05) is 30.3 Å². The molecule has 9 heteroatoms. The van der Waals surface area contributed by atoms with Gasteiger partial charge in [0.1, 0.15) is 11.3 Å². The SMILES string of the molecule is COC[C@H](N)Cc1c(C(N)=O)cccc1-c1ccnc2cc(-c3cc(OC)c(OC)c(OC)c3)oc12. The van der Waals surface area contributed by atoms with Crippen LogP contribution in [0.3, 0.4) is 0 Å². The number of aromatic nitrogens is 1. The van der Waals surface area contributed by atoms with E-state index in [-0.39, 0.29) is 6.04 Å². The molecule has 0 saturated heterocycles. The van der Waals surface area contributed by atoms with Crippen molar-refractivity contribution in [1.29, 1.82) is 0 Å². The smallest absolute Gasteiger partial charge is 0.248 e. The first-order valence-electron chi connectivity index (χ1n) is 11.3. The standard InChI is InChI=1S/C27H29N3O6/c1-32-14-16(28)12-20-17(6-5-7-19(20)27(29)31)18-8-9-30-21-13-22(36-25(18)21)15-10-23(33-2)26(35-4)24(11-15)34-3/h5-11,13,16H,12,14,28H2,1-4H3,(H2,29,31)/t16-/m1/s1. The van der Waals surface area contributed by atoms with Crippen molar-refractivity contribution in [3.8, 4) is 39.7 Å². The molecule has 0 radical (unpaired) electrons. The first-order chi connectivity index (χ1) is 17.4. The van der Waals surface area contributed by atoms with Crippen LogP contribution in [0, 0.1) is 0 Å². The van der Waals surface area contributed by atoms with E-state index in [1.165, 1.54) is 0 Å². The van der Waals surface area contributed by atoms with Crippen molar-refractivity contribution in [2.24, 2.45) is 11.5 Å². The summed E-state index contributed by atoms with van der Waals surface area (Å²) in [7, 11) is 6.25. The van der Waals surface area contributed by atoms with Gasteiger partial charge >= 0.3 is 0 Å². The lowest BCUT2D eigenvalue weighted by molar-refractivity contribution is 0.0999. The lowest BCUT2D eigenvalue weighted by Crippen LogP contribution is -2.29. The predicted molar refractivity (Wildman–Crippen MR) is 137 cm³/mol. The molecule has 0 aliphatic rings. The second kappa shape index (κ2) is 10.7. The third kappa shape index (κ3) is 4.71. The fourth-order valence-electron chi connectivity index (χ4n) is 4.34. The summed E-state index contributed by atoms with van der Waals surface area (Å²) in [5.41, 5.74) is 16.6. The summed E-state index contributed by atoms with van der Waals surface area (Å²) in [6.45, 7) is 0.338. The van der Waals surface area contributed by atoms with Gasteiger partial charge in [-0.15, -0.1) is 0 Å². The number of methoxy groups -OCH3 is 4. The summed E-state index contributed by atoms with van der Waals surface area (Å²) in [6.07, 6.45) is 2.09. The first-order valence-corrected chi connectivity index (χ1v) is 11.3. The summed E-state index contributed by atoms with van der Waals surface area (Å²) in [6, 6.07) is 12.4. The zero-order valence-corrected chi connectivity index (χ0v) is 20.7. The second-order valence-electron chi connectivity index (χ2n) is 8.21. The van der Waals surface area contributed by atoms with Crippen molar-refractivity contribution < 1.29 is 28.2 Å². The highest BCUT2D eigenvalue weighted by atomic mass is 16.5. The third-order valence-electron chi connectivity index (χ3n) is 5.94. The predicted octanol–water partition coefficient (Wildman–Crippen LogP) is 3.80. The topological polar surface area (TPSA) is 132 Å². The Labute approximate surface area is 208 Å². The summed E-state index contributed by atoms with van der Waals surface area (Å²) in [5, 5.41) is 0. The van der Waals surface area contributed by atoms with Gasteiger partial charge in [0, 0.05) is 42.1 Å². The highest BCUT2D eigenvalue weighted by Gasteiger charge is 2.21. The largest absolute Gasteiger partial charge is 0.493 e. The Hall–Kier alpha value is -4.08. The van der Waals surface area contributed by atoms with Crippen LogP contribution in [-0.2, 0) is 11.2 Å². The number of carbonyl (C=O) groups excluding carboxylic acids is 1. The van der Waals surface area contributed by atoms with E-state index in [9.17, 15) is 4.79 Å². The zero-order valence-electron chi connectivity index (χ0n) is 20.7. The van der Waals surface area contributed by atoms with Crippen LogP contribution in [0.4, 0.5) is 0 Å². The average molecular weight is 492 g/mol. The molecule has 0 unspecified atom stereocenters. The summed E-state index contributed by atoms with van der Waals surface area (Å²) >= 11 is 0. The molecule has 188 valence electrons. The summed E-state index contributed by atoms with van der Waals surface area (Å²) < 4.78 is 27.9. The van der Waals surface area contributed by atoms with E-state index in [4.69, 9.17) is 34.8 Å². The normalized spacial score (nSPS) is 11.9. The number of amides is 1. The Morgan fingerprint density at radius 3 is 2.33 bits per heavy atom. The molecule has 0 spiro atoms. The van der Waals surface area contributed by atoms with Gasteiger partial charge in [0.2, 0.25) is 11.7 Å². The van der Waals surface area contributed by atoms with Gasteiger partial charge in [-0.1, -0.05) is 12.1 Å². The molecule has 9 nitrogen and oxygen atoms in total. The van der Waals surface area contributed by atoms with Crippen molar-refractivity contribution in [3.05, 3.63) is 59.8 Å². The Morgan fingerprint density at radius 2 is 1.72 bits per heavy atom. The van der Waals surface area contributed by atoms with Crippen molar-refractivity contribution >= 4 is 17.0 Å². The Bertz CT molecular complexity index is 1370. The lowest BCUT2D eigenvalue weighted by Gasteiger charge is -2.17. The first kappa shape index (κ1) is 25.0. The van der Waals surface area contributed by atoms with Gasteiger partial charge in [0.05, 0.1) is 27.9 Å². The zero-order chi connectivity index (χ0) is 25.8. The van der Waals surface area contributed by atoms with E-state index in [2.05, 4.69) is 4.98 Å². The highest BCUT2D eigenvalue weighted by Crippen LogP contribution is 2.43. The maximum atomic E-state index is 12.3. The minimum Gasteiger partial charge on any atom is -0.493 e. The van der Waals surface area contributed by atoms with Crippen molar-refractivity contribution in [2.75, 3.05) is 35.0 Å². The molecule has 2 aromatic carbocycles. The number of rotatable bonds is 10. The number of hydrogen-bond donors (Lipinski definition) is 2. The maximum absolute atomic E-state index is 12.3. The van der Waals surface area contributed by atoms with Gasteiger partial charge in [-0.05, 0) is 41.8 Å². The molecule has 4 aromatic rings. The van der Waals surface area contributed by atoms with Crippen LogP contribution >= 0.6 is 0 Å². The Balaban J connectivity index is 1.89. The fraction of sp³-hybridized carbons (Fsp3) is 0.259. The van der Waals surface area contributed by atoms with Crippen molar-refractivity contribution in [3.63, 3.8) is 0 Å². The molecule has 4 N–H and O–H groups in total. The molecule has 4 rings (SSSR count). The number of hydrogen-bond acceptors (Lipinski definition) is 8. The van der Waals surface area contributed by atoms with E-state index in [0.717, 1.165) is 22.3 Å². The minimum atomic E-state index is -0.528. The van der Waals surface area contributed by atoms with Crippen molar-refractivity contribution in [2.45, 2.75) is 12.5 Å². The number of carbonyl (C=O) groups is 1. The van der Waals surface area contributed by atoms with Crippen LogP contribution in [0.5, 0.6) is 17.2 Å². The molecule has 1 amide bonds. The van der Waals surface area contributed by atoms with Crippen LogP contribution in [0.25, 0.3) is 33.6 Å². The number of nitrogens with two attached hydrogens (primary N) is 2. The Morgan fingerprint density at radius 1 is 1.00 bits per heavy atom. The number of furan rings is 1. The van der Waals surface area contributed by atoms with Gasteiger partial charge < -0.3 is 34.8 Å². The van der Waals surface area contributed by atoms with Crippen LogP contribution in [0.1, 0.15) is 15.9 Å². The second-order valence-corrected chi connectivity index (χ2v) is 8.21. The highest BCUT2D eigenvalue weighted by molar-refractivity contribution is 5.99. The number of fused-ring (bicyclic) bond motifs is 1. The average Bonchev–Trinajstić information content (AvgIpc) is 3.32. The number of benzene rings is 2. The van der Waals surface area contributed by atoms with E-state index in [1.54, 1.807) is 46.8 Å². The summed E-state index contributed by atoms with van der Waals surface area (Å²) in [4.78, 5) is 16.7. The molecule has 0 aliphatic heterocycles. The molecular formula is C27H29N3O6.